The number of hydrogen-bond acceptors (Lipinski definition) is 4. The maximum absolute atomic E-state index is 5.90. The molecular weight excluding hydrogens is 216 g/mol. The third-order valence-corrected chi connectivity index (χ3v) is 2.30. The number of aromatic nitrogens is 2. The van der Waals surface area contributed by atoms with E-state index in [0.29, 0.717) is 16.8 Å². The van der Waals surface area contributed by atoms with E-state index in [9.17, 15) is 0 Å². The lowest BCUT2D eigenvalue weighted by molar-refractivity contribution is 0.376. The Balaban J connectivity index is 2.80. The summed E-state index contributed by atoms with van der Waals surface area (Å²) in [6.45, 7) is 0. The van der Waals surface area contributed by atoms with Crippen molar-refractivity contribution in [1.29, 1.82) is 0 Å². The molecule has 1 aromatic carbocycles. The SMILES string of the molecule is COc1nnc(OC)c2cc(Cl)ccc12. The fraction of sp³-hybridized carbons (Fsp3) is 0.200. The molecule has 0 aliphatic carbocycles. The van der Waals surface area contributed by atoms with Crippen LogP contribution in [0.5, 0.6) is 11.8 Å². The second-order valence-corrected chi connectivity index (χ2v) is 3.34. The molecule has 0 atom stereocenters. The van der Waals surface area contributed by atoms with E-state index < -0.39 is 0 Å². The maximum Gasteiger partial charge on any atom is 0.241 e. The highest BCUT2D eigenvalue weighted by atomic mass is 35.5. The van der Waals surface area contributed by atoms with Gasteiger partial charge in [-0.3, -0.25) is 0 Å². The number of fused-ring (bicyclic) bond motifs is 1. The first-order valence-electron chi connectivity index (χ1n) is 4.30. The molecule has 0 N–H and O–H groups in total. The van der Waals surface area contributed by atoms with Gasteiger partial charge >= 0.3 is 0 Å². The molecule has 0 fully saturated rings. The zero-order valence-corrected chi connectivity index (χ0v) is 9.08. The van der Waals surface area contributed by atoms with E-state index in [1.807, 2.05) is 6.07 Å². The van der Waals surface area contributed by atoms with Crippen molar-refractivity contribution in [2.24, 2.45) is 0 Å². The molecule has 0 saturated carbocycles. The van der Waals surface area contributed by atoms with E-state index in [4.69, 9.17) is 21.1 Å². The average Bonchev–Trinajstić information content (AvgIpc) is 2.27. The van der Waals surface area contributed by atoms with Gasteiger partial charge in [0.2, 0.25) is 11.8 Å². The summed E-state index contributed by atoms with van der Waals surface area (Å²) in [6, 6.07) is 5.37. The van der Waals surface area contributed by atoms with Gasteiger partial charge in [0.25, 0.3) is 0 Å². The van der Waals surface area contributed by atoms with Crippen molar-refractivity contribution < 1.29 is 9.47 Å². The molecule has 0 spiro atoms. The van der Waals surface area contributed by atoms with E-state index in [1.54, 1.807) is 19.2 Å². The van der Waals surface area contributed by atoms with E-state index in [0.717, 1.165) is 10.8 Å². The molecule has 0 bridgehead atoms. The zero-order chi connectivity index (χ0) is 10.8. The number of methoxy groups -OCH3 is 2. The maximum atomic E-state index is 5.90. The highest BCUT2D eigenvalue weighted by Gasteiger charge is 2.09. The van der Waals surface area contributed by atoms with Crippen LogP contribution < -0.4 is 9.47 Å². The van der Waals surface area contributed by atoms with Gasteiger partial charge in [0, 0.05) is 5.02 Å². The van der Waals surface area contributed by atoms with Gasteiger partial charge < -0.3 is 9.47 Å². The van der Waals surface area contributed by atoms with Crippen LogP contribution in [0.1, 0.15) is 0 Å². The van der Waals surface area contributed by atoms with Crippen molar-refractivity contribution in [2.45, 2.75) is 0 Å². The second-order valence-electron chi connectivity index (χ2n) is 2.91. The first kappa shape index (κ1) is 9.98. The number of benzene rings is 1. The monoisotopic (exact) mass is 224 g/mol. The Bertz CT molecular complexity index is 502. The molecule has 1 heterocycles. The van der Waals surface area contributed by atoms with Crippen molar-refractivity contribution in [1.82, 2.24) is 10.2 Å². The Morgan fingerprint density at radius 1 is 1.00 bits per heavy atom. The van der Waals surface area contributed by atoms with Crippen molar-refractivity contribution in [3.63, 3.8) is 0 Å². The van der Waals surface area contributed by atoms with Crippen molar-refractivity contribution >= 4 is 22.4 Å². The number of ether oxygens (including phenoxy) is 2. The van der Waals surface area contributed by atoms with Gasteiger partial charge in [-0.1, -0.05) is 11.6 Å². The molecule has 0 unspecified atom stereocenters. The van der Waals surface area contributed by atoms with E-state index in [1.165, 1.54) is 7.11 Å². The van der Waals surface area contributed by atoms with Gasteiger partial charge in [0.05, 0.1) is 25.0 Å². The van der Waals surface area contributed by atoms with Gasteiger partial charge in [-0.15, -0.1) is 10.2 Å². The minimum absolute atomic E-state index is 0.438. The standard InChI is InChI=1S/C10H9ClN2O2/c1-14-9-7-4-3-6(11)5-8(7)10(15-2)13-12-9/h3-5H,1-2H3. The number of hydrogen-bond donors (Lipinski definition) is 0. The van der Waals surface area contributed by atoms with Crippen molar-refractivity contribution in [2.75, 3.05) is 14.2 Å². The summed E-state index contributed by atoms with van der Waals surface area (Å²) in [6.07, 6.45) is 0. The average molecular weight is 225 g/mol. The number of nitrogens with zero attached hydrogens (tertiary/aromatic N) is 2. The molecule has 0 amide bonds. The topological polar surface area (TPSA) is 44.2 Å². The molecule has 15 heavy (non-hydrogen) atoms. The highest BCUT2D eigenvalue weighted by molar-refractivity contribution is 6.31. The zero-order valence-electron chi connectivity index (χ0n) is 8.32. The minimum Gasteiger partial charge on any atom is -0.479 e. The van der Waals surface area contributed by atoms with Crippen LogP contribution in [0.3, 0.4) is 0 Å². The predicted octanol–water partition coefficient (Wildman–Crippen LogP) is 2.30. The lowest BCUT2D eigenvalue weighted by Gasteiger charge is -2.06. The van der Waals surface area contributed by atoms with Gasteiger partial charge in [-0.05, 0) is 18.2 Å². The Kier molecular flexibility index (Phi) is 2.60. The normalized spacial score (nSPS) is 10.3. The summed E-state index contributed by atoms with van der Waals surface area (Å²) in [5.74, 6) is 0.899. The van der Waals surface area contributed by atoms with Crippen LogP contribution in [0, 0.1) is 0 Å². The predicted molar refractivity (Wildman–Crippen MR) is 57.7 cm³/mol. The lowest BCUT2D eigenvalue weighted by Crippen LogP contribution is -1.96. The fourth-order valence-corrected chi connectivity index (χ4v) is 1.55. The van der Waals surface area contributed by atoms with Crippen LogP contribution in [0.25, 0.3) is 10.8 Å². The quantitative estimate of drug-likeness (QED) is 0.785. The highest BCUT2D eigenvalue weighted by Crippen LogP contribution is 2.30. The summed E-state index contributed by atoms with van der Waals surface area (Å²) < 4.78 is 10.2. The van der Waals surface area contributed by atoms with Crippen LogP contribution in [0.15, 0.2) is 18.2 Å². The fourth-order valence-electron chi connectivity index (χ4n) is 1.38. The first-order chi connectivity index (χ1) is 7.26. The first-order valence-corrected chi connectivity index (χ1v) is 4.68. The van der Waals surface area contributed by atoms with Crippen molar-refractivity contribution in [3.05, 3.63) is 23.2 Å². The third-order valence-electron chi connectivity index (χ3n) is 2.06. The van der Waals surface area contributed by atoms with Crippen LogP contribution in [-0.4, -0.2) is 24.4 Å². The summed E-state index contributed by atoms with van der Waals surface area (Å²) in [5, 5.41) is 10.0. The second kappa shape index (κ2) is 3.90. The summed E-state index contributed by atoms with van der Waals surface area (Å²) in [5.41, 5.74) is 0. The number of rotatable bonds is 2. The number of halogens is 1. The van der Waals surface area contributed by atoms with Gasteiger partial charge in [0.1, 0.15) is 0 Å². The molecule has 5 heteroatoms. The van der Waals surface area contributed by atoms with Crippen LogP contribution in [0.2, 0.25) is 5.02 Å². The Morgan fingerprint density at radius 3 is 2.20 bits per heavy atom. The van der Waals surface area contributed by atoms with Gasteiger partial charge in [-0.2, -0.15) is 0 Å². The molecule has 0 aliphatic rings. The molecule has 2 aromatic rings. The van der Waals surface area contributed by atoms with Crippen LogP contribution in [-0.2, 0) is 0 Å². The molecule has 78 valence electrons. The van der Waals surface area contributed by atoms with Crippen LogP contribution in [0.4, 0.5) is 0 Å². The molecule has 0 saturated heterocycles. The van der Waals surface area contributed by atoms with E-state index in [-0.39, 0.29) is 0 Å². The minimum atomic E-state index is 0.438. The third kappa shape index (κ3) is 1.68. The van der Waals surface area contributed by atoms with E-state index in [2.05, 4.69) is 10.2 Å². The van der Waals surface area contributed by atoms with Crippen molar-refractivity contribution in [3.8, 4) is 11.8 Å². The lowest BCUT2D eigenvalue weighted by atomic mass is 10.2. The van der Waals surface area contributed by atoms with Gasteiger partial charge in [-0.25, -0.2) is 0 Å². The molecule has 2 rings (SSSR count). The molecule has 0 aliphatic heterocycles. The molecular formula is C10H9ClN2O2. The Hall–Kier alpha value is -1.55. The largest absolute Gasteiger partial charge is 0.479 e. The smallest absolute Gasteiger partial charge is 0.241 e. The Labute approximate surface area is 91.8 Å². The summed E-state index contributed by atoms with van der Waals surface area (Å²) in [7, 11) is 3.08. The van der Waals surface area contributed by atoms with Crippen LogP contribution >= 0.6 is 11.6 Å². The molecule has 0 radical (unpaired) electrons. The molecule has 4 nitrogen and oxygen atoms in total. The summed E-state index contributed by atoms with van der Waals surface area (Å²) in [4.78, 5) is 0. The summed E-state index contributed by atoms with van der Waals surface area (Å²) >= 11 is 5.90. The van der Waals surface area contributed by atoms with Gasteiger partial charge in [0.15, 0.2) is 0 Å². The Morgan fingerprint density at radius 2 is 1.60 bits per heavy atom. The van der Waals surface area contributed by atoms with E-state index >= 15 is 0 Å². The molecule has 1 aromatic heterocycles.